The zero-order chi connectivity index (χ0) is 30.9. The lowest BCUT2D eigenvalue weighted by atomic mass is 9.98. The van der Waals surface area contributed by atoms with E-state index in [-0.39, 0.29) is 24.0 Å². The Balaban J connectivity index is 1.42. The fourth-order valence-corrected chi connectivity index (χ4v) is 6.37. The Morgan fingerprint density at radius 2 is 2.02 bits per heavy atom. The molecule has 0 saturated carbocycles. The summed E-state index contributed by atoms with van der Waals surface area (Å²) in [6.45, 7) is 3.76. The number of fused-ring (bicyclic) bond motifs is 2. The molecule has 230 valence electrons. The normalized spacial score (nSPS) is 24.1. The number of imidazole rings is 1. The molecule has 6 atom stereocenters. The van der Waals surface area contributed by atoms with Gasteiger partial charge in [-0.2, -0.15) is 15.1 Å². The number of rotatable bonds is 11. The van der Waals surface area contributed by atoms with Crippen molar-refractivity contribution in [1.82, 2.24) is 24.6 Å². The van der Waals surface area contributed by atoms with Gasteiger partial charge in [0.05, 0.1) is 19.5 Å². The largest absolute Gasteiger partial charge is 0.465 e. The highest BCUT2D eigenvalue weighted by Gasteiger charge is 2.56. The molecule has 43 heavy (non-hydrogen) atoms. The molecule has 5 N–H and O–H groups in total. The van der Waals surface area contributed by atoms with Gasteiger partial charge in [-0.15, -0.1) is 0 Å². The van der Waals surface area contributed by atoms with E-state index in [2.05, 4.69) is 25.4 Å². The average Bonchev–Trinajstić information content (AvgIpc) is 3.49. The van der Waals surface area contributed by atoms with Gasteiger partial charge < -0.3 is 30.2 Å². The van der Waals surface area contributed by atoms with Crippen molar-refractivity contribution in [1.29, 1.82) is 0 Å². The topological polar surface area (TPSA) is 185 Å². The number of alkyl halides is 1. The molecule has 0 bridgehead atoms. The van der Waals surface area contributed by atoms with E-state index in [1.807, 2.05) is 18.2 Å². The van der Waals surface area contributed by atoms with Crippen molar-refractivity contribution < 1.29 is 37.4 Å². The van der Waals surface area contributed by atoms with Gasteiger partial charge in [0, 0.05) is 12.4 Å². The van der Waals surface area contributed by atoms with Crippen LogP contribution in [0.25, 0.3) is 21.9 Å². The number of benzene rings is 2. The van der Waals surface area contributed by atoms with Gasteiger partial charge in [-0.3, -0.25) is 13.9 Å². The first-order valence-corrected chi connectivity index (χ1v) is 15.1. The van der Waals surface area contributed by atoms with E-state index in [0.717, 1.165) is 12.3 Å². The summed E-state index contributed by atoms with van der Waals surface area (Å²) in [5, 5.41) is 17.9. The molecule has 14 nitrogen and oxygen atoms in total. The summed E-state index contributed by atoms with van der Waals surface area (Å²) in [7, 11) is -2.74. The third-order valence-electron chi connectivity index (χ3n) is 7.01. The average molecular weight is 618 g/mol. The van der Waals surface area contributed by atoms with Gasteiger partial charge in [0.25, 0.3) is 0 Å². The smallest absolute Gasteiger partial charge is 0.459 e. The van der Waals surface area contributed by atoms with Crippen LogP contribution in [0.3, 0.4) is 0 Å². The Morgan fingerprint density at radius 3 is 2.77 bits per heavy atom. The highest BCUT2D eigenvalue weighted by Crippen LogP contribution is 2.49. The monoisotopic (exact) mass is 617 g/mol. The molecule has 2 aromatic heterocycles. The van der Waals surface area contributed by atoms with Crippen LogP contribution in [-0.2, 0) is 23.4 Å². The molecule has 1 aliphatic rings. The summed E-state index contributed by atoms with van der Waals surface area (Å²) in [4.78, 5) is 24.9. The van der Waals surface area contributed by atoms with Gasteiger partial charge in [0.2, 0.25) is 5.95 Å². The number of hydrogen-bond donors (Lipinski definition) is 4. The molecule has 3 heterocycles. The molecular weight excluding hydrogens is 584 g/mol. The molecule has 1 aliphatic heterocycles. The SMILES string of the molecule is CCOC(=O)[C@@H](C)NP(=O)(OC[C@H]1O[C@@H](n2cnc3c(NC)nc(N)nc32)[C@](C)(F)[C@@H]1O)Oc1cccc2ccccc12. The number of nitrogens with one attached hydrogen (secondary N) is 2. The van der Waals surface area contributed by atoms with Crippen LogP contribution in [0.2, 0.25) is 0 Å². The Labute approximate surface area is 246 Å². The maximum atomic E-state index is 16.1. The predicted octanol–water partition coefficient (Wildman–Crippen LogP) is 3.33. The van der Waals surface area contributed by atoms with Crippen molar-refractivity contribution in [2.75, 3.05) is 31.3 Å². The first-order chi connectivity index (χ1) is 20.5. The third-order valence-corrected chi connectivity index (χ3v) is 8.64. The number of halogens is 1. The van der Waals surface area contributed by atoms with Gasteiger partial charge in [0.1, 0.15) is 24.0 Å². The first kappa shape index (κ1) is 30.6. The van der Waals surface area contributed by atoms with E-state index in [1.165, 1.54) is 17.8 Å². The summed E-state index contributed by atoms with van der Waals surface area (Å²) < 4.78 is 54.1. The Morgan fingerprint density at radius 1 is 1.28 bits per heavy atom. The molecule has 2 aromatic carbocycles. The summed E-state index contributed by atoms with van der Waals surface area (Å²) in [6.07, 6.45) is -3.16. The summed E-state index contributed by atoms with van der Waals surface area (Å²) in [5.41, 5.74) is 3.95. The lowest BCUT2D eigenvalue weighted by molar-refractivity contribution is -0.144. The molecule has 4 aromatic rings. The molecule has 5 rings (SSSR count). The highest BCUT2D eigenvalue weighted by atomic mass is 31.2. The number of nitrogen functional groups attached to an aromatic ring is 1. The predicted molar refractivity (Wildman–Crippen MR) is 156 cm³/mol. The van der Waals surface area contributed by atoms with Crippen LogP contribution < -0.4 is 20.7 Å². The lowest BCUT2D eigenvalue weighted by Gasteiger charge is -2.25. The number of ether oxygens (including phenoxy) is 2. The van der Waals surface area contributed by atoms with Crippen LogP contribution in [0, 0.1) is 0 Å². The van der Waals surface area contributed by atoms with Crippen molar-refractivity contribution >= 4 is 47.4 Å². The van der Waals surface area contributed by atoms with E-state index in [9.17, 15) is 14.5 Å². The minimum absolute atomic E-state index is 0.0779. The minimum Gasteiger partial charge on any atom is -0.465 e. The summed E-state index contributed by atoms with van der Waals surface area (Å²) >= 11 is 0. The van der Waals surface area contributed by atoms with Gasteiger partial charge in [-0.25, -0.2) is 13.9 Å². The van der Waals surface area contributed by atoms with Gasteiger partial charge >= 0.3 is 13.7 Å². The van der Waals surface area contributed by atoms with Crippen molar-refractivity contribution in [3.8, 4) is 5.75 Å². The number of hydrogen-bond acceptors (Lipinski definition) is 12. The Hall–Kier alpha value is -3.88. The summed E-state index contributed by atoms with van der Waals surface area (Å²) in [6, 6.07) is 11.3. The Bertz CT molecular complexity index is 1680. The van der Waals surface area contributed by atoms with Crippen LogP contribution in [0.5, 0.6) is 5.75 Å². The quantitative estimate of drug-likeness (QED) is 0.142. The van der Waals surface area contributed by atoms with E-state index in [4.69, 9.17) is 24.3 Å². The second-order valence-electron chi connectivity index (χ2n) is 10.1. The first-order valence-electron chi connectivity index (χ1n) is 13.5. The molecule has 1 fully saturated rings. The van der Waals surface area contributed by atoms with E-state index >= 15 is 4.39 Å². The van der Waals surface area contributed by atoms with E-state index in [0.29, 0.717) is 16.7 Å². The number of nitrogens with two attached hydrogens (primary N) is 1. The molecule has 1 saturated heterocycles. The number of carbonyl (C=O) groups is 1. The van der Waals surface area contributed by atoms with Crippen LogP contribution in [0.1, 0.15) is 27.0 Å². The van der Waals surface area contributed by atoms with Crippen LogP contribution in [0.15, 0.2) is 48.8 Å². The van der Waals surface area contributed by atoms with Crippen LogP contribution >= 0.6 is 7.75 Å². The molecule has 0 aliphatic carbocycles. The summed E-state index contributed by atoms with van der Waals surface area (Å²) in [5.74, 6) is -0.219. The van der Waals surface area contributed by atoms with Crippen molar-refractivity contribution in [2.24, 2.45) is 0 Å². The number of aliphatic hydroxyl groups is 1. The second kappa shape index (κ2) is 12.0. The second-order valence-corrected chi connectivity index (χ2v) is 11.8. The number of aliphatic hydroxyl groups excluding tert-OH is 1. The zero-order valence-corrected chi connectivity index (χ0v) is 24.8. The fraction of sp³-hybridized carbons (Fsp3) is 0.407. The maximum absolute atomic E-state index is 16.1. The number of aromatic nitrogens is 4. The molecule has 0 amide bonds. The zero-order valence-electron chi connectivity index (χ0n) is 23.9. The fourth-order valence-electron chi connectivity index (χ4n) is 4.85. The number of nitrogens with zero attached hydrogens (tertiary/aromatic N) is 4. The van der Waals surface area contributed by atoms with E-state index < -0.39 is 50.5 Å². The number of esters is 1. The lowest BCUT2D eigenvalue weighted by Crippen LogP contribution is -2.41. The molecule has 1 unspecified atom stereocenters. The minimum atomic E-state index is -4.37. The van der Waals surface area contributed by atoms with E-state index in [1.54, 1.807) is 38.2 Å². The van der Waals surface area contributed by atoms with Gasteiger partial charge in [-0.1, -0.05) is 36.4 Å². The molecule has 16 heteroatoms. The van der Waals surface area contributed by atoms with Gasteiger partial charge in [0.15, 0.2) is 28.9 Å². The standard InChI is InChI=1S/C27H33FN7O7P/c1-5-39-24(37)15(2)34-43(38,42-18-12-8-10-16-9-6-7-11-17(16)18)40-13-19-21(36)27(3,28)25(41-19)35-14-31-20-22(30-4)32-26(29)33-23(20)35/h6-12,14-15,19,21,25,36H,5,13H2,1-4H3,(H,34,38)(H3,29,30,32,33)/t15-,19-,21-,25-,27-,43?/m1/s1. The van der Waals surface area contributed by atoms with Crippen molar-refractivity contribution in [3.63, 3.8) is 0 Å². The van der Waals surface area contributed by atoms with Crippen LogP contribution in [0.4, 0.5) is 16.2 Å². The molecule has 0 radical (unpaired) electrons. The van der Waals surface area contributed by atoms with Gasteiger partial charge in [-0.05, 0) is 32.2 Å². The molecule has 0 spiro atoms. The maximum Gasteiger partial charge on any atom is 0.459 e. The third kappa shape index (κ3) is 5.99. The highest BCUT2D eigenvalue weighted by molar-refractivity contribution is 7.52. The van der Waals surface area contributed by atoms with Crippen molar-refractivity contribution in [3.05, 3.63) is 48.8 Å². The Kier molecular flexibility index (Phi) is 8.54. The number of carbonyl (C=O) groups excluding carboxylic acids is 1. The van der Waals surface area contributed by atoms with Crippen LogP contribution in [-0.4, -0.2) is 74.8 Å². The number of anilines is 2. The van der Waals surface area contributed by atoms with Crippen molar-refractivity contribution in [2.45, 2.75) is 50.9 Å². The molecular formula is C27H33FN7O7P.